The molecular formula is C14H22N4O3. The summed E-state index contributed by atoms with van der Waals surface area (Å²) in [5.74, 6) is 0.0522. The molecule has 0 saturated heterocycles. The molecule has 0 aliphatic rings. The van der Waals surface area contributed by atoms with Gasteiger partial charge in [0.1, 0.15) is 12.0 Å². The van der Waals surface area contributed by atoms with Crippen LogP contribution in [-0.2, 0) is 0 Å². The van der Waals surface area contributed by atoms with Gasteiger partial charge < -0.3 is 10.6 Å². The first-order valence-electron chi connectivity index (χ1n) is 7.26. The topological polar surface area (TPSA) is 97.2 Å². The van der Waals surface area contributed by atoms with Gasteiger partial charge in [0.05, 0.1) is 10.5 Å². The normalized spacial score (nSPS) is 10.2. The van der Waals surface area contributed by atoms with Crippen LogP contribution in [-0.4, -0.2) is 28.9 Å². The van der Waals surface area contributed by atoms with Gasteiger partial charge in [0.15, 0.2) is 0 Å². The fourth-order valence-electron chi connectivity index (χ4n) is 1.78. The molecule has 0 aliphatic carbocycles. The molecule has 7 nitrogen and oxygen atoms in total. The Morgan fingerprint density at radius 3 is 2.67 bits per heavy atom. The molecule has 0 atom stereocenters. The van der Waals surface area contributed by atoms with Crippen molar-refractivity contribution >= 4 is 17.4 Å². The third-order valence-corrected chi connectivity index (χ3v) is 2.94. The van der Waals surface area contributed by atoms with Crippen LogP contribution in [0.5, 0.6) is 0 Å². The Bertz CT molecular complexity index is 491. The molecule has 1 amide bonds. The maximum absolute atomic E-state index is 12.2. The second-order valence-electron chi connectivity index (χ2n) is 4.74. The number of nitrogens with one attached hydrogen (secondary N) is 2. The molecule has 1 heterocycles. The third-order valence-electron chi connectivity index (χ3n) is 2.94. The molecule has 0 bridgehead atoms. The summed E-state index contributed by atoms with van der Waals surface area (Å²) in [5, 5.41) is 16.6. The van der Waals surface area contributed by atoms with E-state index in [0.717, 1.165) is 31.9 Å². The van der Waals surface area contributed by atoms with Crippen molar-refractivity contribution < 1.29 is 9.72 Å². The zero-order valence-corrected chi connectivity index (χ0v) is 12.5. The Hall–Kier alpha value is -2.18. The first kappa shape index (κ1) is 16.9. The van der Waals surface area contributed by atoms with Crippen LogP contribution in [0.3, 0.4) is 0 Å². The van der Waals surface area contributed by atoms with Crippen LogP contribution in [0.1, 0.15) is 49.9 Å². The minimum absolute atomic E-state index is 0.184. The highest BCUT2D eigenvalue weighted by Gasteiger charge is 2.17. The summed E-state index contributed by atoms with van der Waals surface area (Å²) in [6.07, 6.45) is 5.02. The van der Waals surface area contributed by atoms with E-state index >= 15 is 0 Å². The molecule has 0 fully saturated rings. The Morgan fingerprint density at radius 2 is 2.05 bits per heavy atom. The Balaban J connectivity index is 2.85. The van der Waals surface area contributed by atoms with Gasteiger partial charge in [-0.15, -0.1) is 0 Å². The molecule has 7 heteroatoms. The maximum Gasteiger partial charge on any atom is 0.288 e. The number of amides is 1. The minimum Gasteiger partial charge on any atom is -0.369 e. The van der Waals surface area contributed by atoms with Crippen molar-refractivity contribution in [1.29, 1.82) is 0 Å². The van der Waals surface area contributed by atoms with Gasteiger partial charge in [0.2, 0.25) is 0 Å². The molecular weight excluding hydrogens is 272 g/mol. The number of hydrogen-bond donors (Lipinski definition) is 2. The summed E-state index contributed by atoms with van der Waals surface area (Å²) >= 11 is 0. The summed E-state index contributed by atoms with van der Waals surface area (Å²) in [6, 6.07) is 1.26. The average Bonchev–Trinajstić information content (AvgIpc) is 2.49. The number of aromatic nitrogens is 1. The van der Waals surface area contributed by atoms with Crippen LogP contribution < -0.4 is 10.6 Å². The van der Waals surface area contributed by atoms with Crippen molar-refractivity contribution in [3.05, 3.63) is 27.9 Å². The number of nitrogens with zero attached hydrogens (tertiary/aromatic N) is 2. The summed E-state index contributed by atoms with van der Waals surface area (Å²) in [7, 11) is 0. The van der Waals surface area contributed by atoms with Gasteiger partial charge in [-0.25, -0.2) is 4.98 Å². The Morgan fingerprint density at radius 1 is 1.29 bits per heavy atom. The molecule has 1 rings (SSSR count). The second kappa shape index (κ2) is 8.89. The summed E-state index contributed by atoms with van der Waals surface area (Å²) in [5.41, 5.74) is 0.0323. The van der Waals surface area contributed by atoms with Gasteiger partial charge in [-0.05, 0) is 12.8 Å². The highest BCUT2D eigenvalue weighted by atomic mass is 16.6. The molecule has 1 aromatic rings. The molecule has 1 aromatic heterocycles. The number of nitro groups is 1. The molecule has 0 saturated carbocycles. The van der Waals surface area contributed by atoms with Crippen molar-refractivity contribution in [3.8, 4) is 0 Å². The van der Waals surface area contributed by atoms with Crippen molar-refractivity contribution in [2.75, 3.05) is 18.4 Å². The van der Waals surface area contributed by atoms with Gasteiger partial charge in [0, 0.05) is 19.2 Å². The van der Waals surface area contributed by atoms with E-state index in [4.69, 9.17) is 0 Å². The van der Waals surface area contributed by atoms with Crippen LogP contribution in [0.2, 0.25) is 0 Å². The van der Waals surface area contributed by atoms with Crippen LogP contribution in [0.4, 0.5) is 11.5 Å². The highest BCUT2D eigenvalue weighted by Crippen LogP contribution is 2.19. The molecule has 0 unspecified atom stereocenters. The van der Waals surface area contributed by atoms with E-state index in [1.165, 1.54) is 6.07 Å². The predicted octanol–water partition coefficient (Wildman–Crippen LogP) is 2.73. The predicted molar refractivity (Wildman–Crippen MR) is 81.5 cm³/mol. The van der Waals surface area contributed by atoms with E-state index in [0.29, 0.717) is 18.9 Å². The zero-order chi connectivity index (χ0) is 15.7. The SMILES string of the molecule is CCCCCNC(=O)c1cc([N+](=O)[O-])cnc1NCCC. The number of hydrogen-bond acceptors (Lipinski definition) is 5. The van der Waals surface area contributed by atoms with E-state index in [-0.39, 0.29) is 17.2 Å². The number of anilines is 1. The lowest BCUT2D eigenvalue weighted by Gasteiger charge is -2.10. The number of unbranched alkanes of at least 4 members (excludes halogenated alkanes) is 2. The van der Waals surface area contributed by atoms with Gasteiger partial charge in [-0.3, -0.25) is 14.9 Å². The van der Waals surface area contributed by atoms with Gasteiger partial charge in [-0.2, -0.15) is 0 Å². The standard InChI is InChI=1S/C14H22N4O3/c1-3-5-6-8-16-14(19)12-9-11(18(20)21)10-17-13(12)15-7-4-2/h9-10H,3-8H2,1-2H3,(H,15,17)(H,16,19). The van der Waals surface area contributed by atoms with Gasteiger partial charge >= 0.3 is 0 Å². The van der Waals surface area contributed by atoms with Crippen molar-refractivity contribution in [1.82, 2.24) is 10.3 Å². The molecule has 0 radical (unpaired) electrons. The quantitative estimate of drug-likeness (QED) is 0.414. The first-order chi connectivity index (χ1) is 10.1. The second-order valence-corrected chi connectivity index (χ2v) is 4.74. The molecule has 2 N–H and O–H groups in total. The van der Waals surface area contributed by atoms with E-state index in [1.54, 1.807) is 0 Å². The summed E-state index contributed by atoms with van der Waals surface area (Å²) in [6.45, 7) is 5.28. The zero-order valence-electron chi connectivity index (χ0n) is 12.5. The van der Waals surface area contributed by atoms with E-state index in [1.807, 2.05) is 6.92 Å². The molecule has 0 aliphatic heterocycles. The fourth-order valence-corrected chi connectivity index (χ4v) is 1.78. The number of pyridine rings is 1. The number of rotatable bonds is 9. The lowest BCUT2D eigenvalue weighted by molar-refractivity contribution is -0.385. The largest absolute Gasteiger partial charge is 0.369 e. The van der Waals surface area contributed by atoms with Crippen LogP contribution in [0, 0.1) is 10.1 Å². The van der Waals surface area contributed by atoms with E-state index < -0.39 is 4.92 Å². The van der Waals surface area contributed by atoms with E-state index in [2.05, 4.69) is 22.5 Å². The molecule has 116 valence electrons. The first-order valence-corrected chi connectivity index (χ1v) is 7.26. The van der Waals surface area contributed by atoms with Crippen molar-refractivity contribution in [2.45, 2.75) is 39.5 Å². The van der Waals surface area contributed by atoms with Crippen molar-refractivity contribution in [2.24, 2.45) is 0 Å². The van der Waals surface area contributed by atoms with E-state index in [9.17, 15) is 14.9 Å². The monoisotopic (exact) mass is 294 g/mol. The van der Waals surface area contributed by atoms with Gasteiger partial charge in [0.25, 0.3) is 11.6 Å². The number of carbonyl (C=O) groups is 1. The summed E-state index contributed by atoms with van der Waals surface area (Å²) < 4.78 is 0. The third kappa shape index (κ3) is 5.37. The summed E-state index contributed by atoms with van der Waals surface area (Å²) in [4.78, 5) is 26.4. The number of carbonyl (C=O) groups excluding carboxylic acids is 1. The average molecular weight is 294 g/mol. The van der Waals surface area contributed by atoms with Crippen LogP contribution in [0.25, 0.3) is 0 Å². The Kier molecular flexibility index (Phi) is 7.14. The smallest absolute Gasteiger partial charge is 0.288 e. The maximum atomic E-state index is 12.2. The molecule has 0 aromatic carbocycles. The highest BCUT2D eigenvalue weighted by molar-refractivity contribution is 5.99. The lowest BCUT2D eigenvalue weighted by Crippen LogP contribution is -2.26. The fraction of sp³-hybridized carbons (Fsp3) is 0.571. The molecule has 21 heavy (non-hydrogen) atoms. The minimum atomic E-state index is -0.551. The van der Waals surface area contributed by atoms with Crippen LogP contribution >= 0.6 is 0 Å². The van der Waals surface area contributed by atoms with Gasteiger partial charge in [-0.1, -0.05) is 26.7 Å². The van der Waals surface area contributed by atoms with Crippen molar-refractivity contribution in [3.63, 3.8) is 0 Å². The molecule has 0 spiro atoms. The Labute approximate surface area is 124 Å². The van der Waals surface area contributed by atoms with Crippen LogP contribution in [0.15, 0.2) is 12.3 Å². The lowest BCUT2D eigenvalue weighted by atomic mass is 10.2.